The number of carbonyl (C=O) groups is 2. The van der Waals surface area contributed by atoms with E-state index >= 15 is 0 Å². The maximum absolute atomic E-state index is 13.9. The van der Waals surface area contributed by atoms with Gasteiger partial charge >= 0.3 is 0 Å². The zero-order valence-corrected chi connectivity index (χ0v) is 19.6. The van der Waals surface area contributed by atoms with Gasteiger partial charge in [-0.15, -0.1) is 0 Å². The molecule has 2 aromatic carbocycles. The van der Waals surface area contributed by atoms with Crippen LogP contribution < -0.4 is 5.32 Å². The molecule has 0 bridgehead atoms. The van der Waals surface area contributed by atoms with Crippen LogP contribution in [0, 0.1) is 5.82 Å². The first kappa shape index (κ1) is 22.6. The van der Waals surface area contributed by atoms with Crippen molar-refractivity contribution >= 4 is 22.8 Å². The van der Waals surface area contributed by atoms with Gasteiger partial charge in [-0.05, 0) is 49.6 Å². The molecule has 2 heterocycles. The molecule has 1 aromatic heterocycles. The Balaban J connectivity index is 1.51. The molecule has 2 aliphatic rings. The van der Waals surface area contributed by atoms with Crippen LogP contribution in [0.25, 0.3) is 11.0 Å². The average molecular weight is 463 g/mol. The molecule has 6 nitrogen and oxygen atoms in total. The minimum Gasteiger partial charge on any atom is -0.351 e. The number of hydrogen-bond acceptors (Lipinski definition) is 3. The molecule has 1 aliphatic carbocycles. The van der Waals surface area contributed by atoms with Crippen molar-refractivity contribution in [2.24, 2.45) is 0 Å². The minimum atomic E-state index is -1.11. The second-order valence-corrected chi connectivity index (χ2v) is 9.82. The smallest absolute Gasteiger partial charge is 0.291 e. The first-order valence-corrected chi connectivity index (χ1v) is 12.3. The summed E-state index contributed by atoms with van der Waals surface area (Å²) in [4.78, 5) is 33.8. The molecule has 1 fully saturated rings. The number of aromatic nitrogens is 2. The summed E-state index contributed by atoms with van der Waals surface area (Å²) in [5, 5.41) is 3.29. The normalized spacial score (nSPS) is 21.7. The fraction of sp³-hybridized carbons (Fsp3) is 0.444. The second-order valence-electron chi connectivity index (χ2n) is 9.82. The first-order chi connectivity index (χ1) is 16.5. The van der Waals surface area contributed by atoms with E-state index in [1.54, 1.807) is 17.0 Å². The van der Waals surface area contributed by atoms with Gasteiger partial charge in [-0.2, -0.15) is 0 Å². The van der Waals surface area contributed by atoms with E-state index in [1.807, 2.05) is 35.8 Å². The van der Waals surface area contributed by atoms with Gasteiger partial charge in [-0.1, -0.05) is 56.4 Å². The van der Waals surface area contributed by atoms with E-state index in [-0.39, 0.29) is 30.2 Å². The van der Waals surface area contributed by atoms with Gasteiger partial charge in [0, 0.05) is 12.6 Å². The van der Waals surface area contributed by atoms with Gasteiger partial charge in [0.1, 0.15) is 11.4 Å². The zero-order chi connectivity index (χ0) is 23.7. The lowest BCUT2D eigenvalue weighted by molar-refractivity contribution is -0.134. The predicted molar refractivity (Wildman–Crippen MR) is 129 cm³/mol. The summed E-state index contributed by atoms with van der Waals surface area (Å²) in [5.74, 6) is -0.432. The van der Waals surface area contributed by atoms with E-state index in [2.05, 4.69) is 10.3 Å². The van der Waals surface area contributed by atoms with Crippen molar-refractivity contribution in [1.29, 1.82) is 0 Å². The Morgan fingerprint density at radius 2 is 1.74 bits per heavy atom. The molecule has 1 saturated carbocycles. The number of hydrogen-bond donors (Lipinski definition) is 1. The third kappa shape index (κ3) is 4.19. The average Bonchev–Trinajstić information content (AvgIpc) is 3.18. The Morgan fingerprint density at radius 3 is 2.47 bits per heavy atom. The molecule has 34 heavy (non-hydrogen) atoms. The second kappa shape index (κ2) is 9.20. The molecule has 0 spiro atoms. The zero-order valence-electron chi connectivity index (χ0n) is 19.6. The predicted octanol–water partition coefficient (Wildman–Crippen LogP) is 4.82. The summed E-state index contributed by atoms with van der Waals surface area (Å²) in [5.41, 5.74) is 1.24. The molecule has 0 radical (unpaired) electrons. The third-order valence-corrected chi connectivity index (χ3v) is 7.34. The minimum absolute atomic E-state index is 0.119. The molecule has 178 valence electrons. The van der Waals surface area contributed by atoms with Crippen molar-refractivity contribution in [3.05, 3.63) is 65.7 Å². The van der Waals surface area contributed by atoms with E-state index < -0.39 is 5.54 Å². The standard InChI is InChI=1S/C27H31FN4O2/c1-27(26(34)29-21-9-5-3-2-4-6-10-21)18-31-23-12-8-7-11-22(23)30-24(31)25(33)32(27)17-19-13-15-20(28)16-14-19/h7-8,11-16,21H,2-6,9-10,17-18H2,1H3,(H,29,34)/t27-/m0/s1. The quantitative estimate of drug-likeness (QED) is 0.605. The molecule has 5 rings (SSSR count). The maximum Gasteiger partial charge on any atom is 0.291 e. The monoisotopic (exact) mass is 462 g/mol. The Labute approximate surface area is 199 Å². The van der Waals surface area contributed by atoms with Crippen molar-refractivity contribution in [2.75, 3.05) is 0 Å². The van der Waals surface area contributed by atoms with Crippen LogP contribution >= 0.6 is 0 Å². The number of halogens is 1. The number of benzene rings is 2. The number of rotatable bonds is 4. The molecule has 1 aliphatic heterocycles. The third-order valence-electron chi connectivity index (χ3n) is 7.34. The summed E-state index contributed by atoms with van der Waals surface area (Å²) in [6, 6.07) is 13.8. The van der Waals surface area contributed by atoms with Gasteiger partial charge in [0.05, 0.1) is 17.6 Å². The molecule has 1 N–H and O–H groups in total. The van der Waals surface area contributed by atoms with E-state index in [0.717, 1.165) is 42.3 Å². The summed E-state index contributed by atoms with van der Waals surface area (Å²) in [6.07, 6.45) is 7.80. The lowest BCUT2D eigenvalue weighted by Crippen LogP contribution is -2.64. The molecule has 2 amide bonds. The molecular weight excluding hydrogens is 431 g/mol. The Bertz CT molecular complexity index is 1200. The maximum atomic E-state index is 13.9. The van der Waals surface area contributed by atoms with E-state index in [1.165, 1.54) is 31.4 Å². The Kier molecular flexibility index (Phi) is 6.11. The van der Waals surface area contributed by atoms with Gasteiger partial charge in [-0.3, -0.25) is 9.59 Å². The van der Waals surface area contributed by atoms with Crippen LogP contribution in [0.1, 0.15) is 68.1 Å². The number of amides is 2. The van der Waals surface area contributed by atoms with Gasteiger partial charge in [-0.25, -0.2) is 9.37 Å². The number of fused-ring (bicyclic) bond motifs is 3. The highest BCUT2D eigenvalue weighted by molar-refractivity contribution is 6.01. The highest BCUT2D eigenvalue weighted by Crippen LogP contribution is 2.32. The Hall–Kier alpha value is -3.22. The first-order valence-electron chi connectivity index (χ1n) is 12.3. The van der Waals surface area contributed by atoms with Crippen LogP contribution in [0.2, 0.25) is 0 Å². The number of nitrogens with zero attached hydrogens (tertiary/aromatic N) is 3. The van der Waals surface area contributed by atoms with Crippen molar-refractivity contribution in [2.45, 2.75) is 76.5 Å². The molecule has 0 saturated heterocycles. The van der Waals surface area contributed by atoms with E-state index in [0.29, 0.717) is 12.4 Å². The summed E-state index contributed by atoms with van der Waals surface area (Å²) in [7, 11) is 0. The molecule has 3 aromatic rings. The summed E-state index contributed by atoms with van der Waals surface area (Å²) >= 11 is 0. The van der Waals surface area contributed by atoms with E-state index in [4.69, 9.17) is 0 Å². The fourth-order valence-electron chi connectivity index (χ4n) is 5.29. The fourth-order valence-corrected chi connectivity index (χ4v) is 5.29. The summed E-state index contributed by atoms with van der Waals surface area (Å²) < 4.78 is 15.4. The topological polar surface area (TPSA) is 67.2 Å². The van der Waals surface area contributed by atoms with Crippen molar-refractivity contribution < 1.29 is 14.0 Å². The van der Waals surface area contributed by atoms with Crippen molar-refractivity contribution in [3.63, 3.8) is 0 Å². The SMILES string of the molecule is C[C@@]1(C(=O)NC2CCCCCCC2)Cn2c(nc3ccccc32)C(=O)N1Cc1ccc(F)cc1. The highest BCUT2D eigenvalue weighted by Gasteiger charge is 2.48. The molecule has 1 atom stereocenters. The molecule has 0 unspecified atom stereocenters. The van der Waals surface area contributed by atoms with Gasteiger partial charge < -0.3 is 14.8 Å². The largest absolute Gasteiger partial charge is 0.351 e. The van der Waals surface area contributed by atoms with Crippen LogP contribution in [-0.2, 0) is 17.9 Å². The lowest BCUT2D eigenvalue weighted by atomic mass is 9.92. The molecule has 7 heteroatoms. The van der Waals surface area contributed by atoms with Crippen molar-refractivity contribution in [3.8, 4) is 0 Å². The number of imidazole rings is 1. The van der Waals surface area contributed by atoms with Gasteiger partial charge in [0.25, 0.3) is 5.91 Å². The van der Waals surface area contributed by atoms with Gasteiger partial charge in [0.2, 0.25) is 5.91 Å². The van der Waals surface area contributed by atoms with Crippen LogP contribution in [0.5, 0.6) is 0 Å². The van der Waals surface area contributed by atoms with Crippen LogP contribution in [0.15, 0.2) is 48.5 Å². The highest BCUT2D eigenvalue weighted by atomic mass is 19.1. The van der Waals surface area contributed by atoms with Crippen LogP contribution in [0.4, 0.5) is 4.39 Å². The molecular formula is C27H31FN4O2. The van der Waals surface area contributed by atoms with Gasteiger partial charge in [0.15, 0.2) is 5.82 Å². The number of para-hydroxylation sites is 2. The number of carbonyl (C=O) groups excluding carboxylic acids is 2. The van der Waals surface area contributed by atoms with E-state index in [9.17, 15) is 14.0 Å². The summed E-state index contributed by atoms with van der Waals surface area (Å²) in [6.45, 7) is 2.36. The van der Waals surface area contributed by atoms with Crippen LogP contribution in [-0.4, -0.2) is 37.8 Å². The Morgan fingerprint density at radius 1 is 1.06 bits per heavy atom. The lowest BCUT2D eigenvalue weighted by Gasteiger charge is -2.44. The van der Waals surface area contributed by atoms with Crippen LogP contribution in [0.3, 0.4) is 0 Å². The number of nitrogens with one attached hydrogen (secondary N) is 1. The van der Waals surface area contributed by atoms with Crippen molar-refractivity contribution in [1.82, 2.24) is 19.8 Å².